The molecule has 2 atom stereocenters. The van der Waals surface area contributed by atoms with Crippen LogP contribution in [0.4, 0.5) is 5.69 Å². The molecule has 94 valence electrons. The van der Waals surface area contributed by atoms with Gasteiger partial charge in [0.15, 0.2) is 0 Å². The summed E-state index contributed by atoms with van der Waals surface area (Å²) in [4.78, 5) is 2.48. The van der Waals surface area contributed by atoms with Crippen molar-refractivity contribution < 1.29 is 4.74 Å². The Bertz CT molecular complexity index is 367. The van der Waals surface area contributed by atoms with E-state index in [0.29, 0.717) is 12.1 Å². The molecule has 3 nitrogen and oxygen atoms in total. The fourth-order valence-electron chi connectivity index (χ4n) is 2.41. The van der Waals surface area contributed by atoms with Crippen LogP contribution in [0.5, 0.6) is 0 Å². The van der Waals surface area contributed by atoms with E-state index in [9.17, 15) is 0 Å². The third-order valence-electron chi connectivity index (χ3n) is 3.42. The second-order valence-corrected chi connectivity index (χ2v) is 4.88. The van der Waals surface area contributed by atoms with Crippen molar-refractivity contribution in [3.8, 4) is 0 Å². The van der Waals surface area contributed by atoms with E-state index in [1.165, 1.54) is 5.56 Å². The van der Waals surface area contributed by atoms with Gasteiger partial charge >= 0.3 is 0 Å². The number of nitrogen functional groups attached to an aromatic ring is 1. The largest absolute Gasteiger partial charge is 0.399 e. The van der Waals surface area contributed by atoms with Gasteiger partial charge in [0.2, 0.25) is 0 Å². The van der Waals surface area contributed by atoms with Crippen LogP contribution in [0.2, 0.25) is 0 Å². The monoisotopic (exact) mass is 234 g/mol. The van der Waals surface area contributed by atoms with Crippen LogP contribution in [-0.4, -0.2) is 30.7 Å². The quantitative estimate of drug-likeness (QED) is 0.799. The Morgan fingerprint density at radius 3 is 3.06 bits per heavy atom. The van der Waals surface area contributed by atoms with Crippen molar-refractivity contribution in [2.45, 2.75) is 32.4 Å². The minimum atomic E-state index is 0.320. The molecular weight excluding hydrogens is 212 g/mol. The number of rotatable bonds is 2. The Morgan fingerprint density at radius 1 is 1.47 bits per heavy atom. The molecule has 1 aliphatic rings. The fraction of sp³-hybridized carbons (Fsp3) is 0.571. The molecule has 1 aliphatic heterocycles. The molecule has 17 heavy (non-hydrogen) atoms. The average Bonchev–Trinajstić information content (AvgIpc) is 2.53. The third-order valence-corrected chi connectivity index (χ3v) is 3.42. The van der Waals surface area contributed by atoms with Gasteiger partial charge in [0.25, 0.3) is 0 Å². The number of benzene rings is 1. The van der Waals surface area contributed by atoms with Crippen molar-refractivity contribution in [3.05, 3.63) is 29.8 Å². The van der Waals surface area contributed by atoms with Gasteiger partial charge in [0, 0.05) is 31.4 Å². The van der Waals surface area contributed by atoms with Crippen LogP contribution in [-0.2, 0) is 4.74 Å². The van der Waals surface area contributed by atoms with Crippen LogP contribution in [0.1, 0.15) is 31.9 Å². The van der Waals surface area contributed by atoms with E-state index in [2.05, 4.69) is 30.9 Å². The van der Waals surface area contributed by atoms with E-state index in [0.717, 1.165) is 31.8 Å². The van der Waals surface area contributed by atoms with Crippen molar-refractivity contribution >= 4 is 5.69 Å². The summed E-state index contributed by atoms with van der Waals surface area (Å²) in [5, 5.41) is 0. The van der Waals surface area contributed by atoms with Gasteiger partial charge in [0.1, 0.15) is 0 Å². The van der Waals surface area contributed by atoms with Gasteiger partial charge in [-0.3, -0.25) is 4.90 Å². The summed E-state index contributed by atoms with van der Waals surface area (Å²) >= 11 is 0. The lowest BCUT2D eigenvalue weighted by molar-refractivity contribution is 0.0620. The SMILES string of the molecule is CC1CN(C(C)c2cccc(N)c2)CCCO1. The minimum Gasteiger partial charge on any atom is -0.399 e. The Hall–Kier alpha value is -1.06. The molecule has 2 unspecified atom stereocenters. The van der Waals surface area contributed by atoms with Crippen molar-refractivity contribution in [1.82, 2.24) is 4.90 Å². The Kier molecular flexibility index (Phi) is 4.02. The molecule has 1 fully saturated rings. The molecule has 1 heterocycles. The molecule has 1 aromatic carbocycles. The molecule has 0 aromatic heterocycles. The molecule has 2 N–H and O–H groups in total. The maximum absolute atomic E-state index is 5.84. The average molecular weight is 234 g/mol. The van der Waals surface area contributed by atoms with Crippen LogP contribution in [0.3, 0.4) is 0 Å². The topological polar surface area (TPSA) is 38.5 Å². The smallest absolute Gasteiger partial charge is 0.0674 e. The molecule has 1 saturated heterocycles. The van der Waals surface area contributed by atoms with E-state index in [1.54, 1.807) is 0 Å². The first-order valence-electron chi connectivity index (χ1n) is 6.38. The van der Waals surface area contributed by atoms with Gasteiger partial charge in [-0.15, -0.1) is 0 Å². The summed E-state index contributed by atoms with van der Waals surface area (Å²) < 4.78 is 5.68. The van der Waals surface area contributed by atoms with Crippen LogP contribution in [0, 0.1) is 0 Å². The van der Waals surface area contributed by atoms with Crippen molar-refractivity contribution in [3.63, 3.8) is 0 Å². The first kappa shape index (κ1) is 12.4. The zero-order valence-electron chi connectivity index (χ0n) is 10.7. The fourth-order valence-corrected chi connectivity index (χ4v) is 2.41. The summed E-state index contributed by atoms with van der Waals surface area (Å²) in [7, 11) is 0. The maximum atomic E-state index is 5.84. The maximum Gasteiger partial charge on any atom is 0.0674 e. The van der Waals surface area contributed by atoms with Crippen LogP contribution in [0.15, 0.2) is 24.3 Å². The highest BCUT2D eigenvalue weighted by atomic mass is 16.5. The molecule has 0 amide bonds. The molecule has 0 radical (unpaired) electrons. The molecule has 0 spiro atoms. The van der Waals surface area contributed by atoms with E-state index < -0.39 is 0 Å². The first-order valence-corrected chi connectivity index (χ1v) is 6.38. The molecule has 0 aliphatic carbocycles. The van der Waals surface area contributed by atoms with Gasteiger partial charge in [-0.2, -0.15) is 0 Å². The molecule has 0 saturated carbocycles. The zero-order valence-corrected chi connectivity index (χ0v) is 10.7. The molecular formula is C14H22N2O. The number of nitrogens with two attached hydrogens (primary N) is 1. The standard InChI is InChI=1S/C14H22N2O/c1-11-10-16(7-4-8-17-11)12(2)13-5-3-6-14(15)9-13/h3,5-6,9,11-12H,4,7-8,10,15H2,1-2H3. The molecule has 1 aromatic rings. The van der Waals surface area contributed by atoms with E-state index in [-0.39, 0.29) is 0 Å². The van der Waals surface area contributed by atoms with Gasteiger partial charge in [0.05, 0.1) is 6.10 Å². The molecule has 3 heteroatoms. The number of nitrogens with zero attached hydrogens (tertiary/aromatic N) is 1. The van der Waals surface area contributed by atoms with E-state index in [1.807, 2.05) is 12.1 Å². The summed E-state index contributed by atoms with van der Waals surface area (Å²) in [5.74, 6) is 0. The second kappa shape index (κ2) is 5.52. The number of hydrogen-bond donors (Lipinski definition) is 1. The zero-order chi connectivity index (χ0) is 12.3. The highest BCUT2D eigenvalue weighted by Gasteiger charge is 2.20. The van der Waals surface area contributed by atoms with Crippen molar-refractivity contribution in [2.24, 2.45) is 0 Å². The van der Waals surface area contributed by atoms with Crippen LogP contribution < -0.4 is 5.73 Å². The summed E-state index contributed by atoms with van der Waals surface area (Å²) in [6.45, 7) is 7.36. The summed E-state index contributed by atoms with van der Waals surface area (Å²) in [6.07, 6.45) is 1.43. The van der Waals surface area contributed by atoms with Crippen LogP contribution in [0.25, 0.3) is 0 Å². The Labute approximate surface area is 104 Å². The minimum absolute atomic E-state index is 0.320. The van der Waals surface area contributed by atoms with Crippen molar-refractivity contribution in [1.29, 1.82) is 0 Å². The Balaban J connectivity index is 2.10. The molecule has 0 bridgehead atoms. The summed E-state index contributed by atoms with van der Waals surface area (Å²) in [5.41, 5.74) is 7.97. The summed E-state index contributed by atoms with van der Waals surface area (Å²) in [6, 6.07) is 8.59. The predicted octanol–water partition coefficient (Wildman–Crippen LogP) is 2.44. The third kappa shape index (κ3) is 3.20. The number of anilines is 1. The lowest BCUT2D eigenvalue weighted by atomic mass is 10.1. The molecule has 2 rings (SSSR count). The van der Waals surface area contributed by atoms with Gasteiger partial charge in [-0.1, -0.05) is 12.1 Å². The van der Waals surface area contributed by atoms with E-state index in [4.69, 9.17) is 10.5 Å². The normalized spacial score (nSPS) is 24.2. The predicted molar refractivity (Wildman–Crippen MR) is 70.9 cm³/mol. The van der Waals surface area contributed by atoms with Crippen molar-refractivity contribution in [2.75, 3.05) is 25.4 Å². The number of ether oxygens (including phenoxy) is 1. The van der Waals surface area contributed by atoms with Gasteiger partial charge < -0.3 is 10.5 Å². The lowest BCUT2D eigenvalue weighted by Crippen LogP contribution is -2.32. The second-order valence-electron chi connectivity index (χ2n) is 4.88. The van der Waals surface area contributed by atoms with Gasteiger partial charge in [-0.05, 0) is 38.0 Å². The van der Waals surface area contributed by atoms with Crippen LogP contribution >= 0.6 is 0 Å². The first-order chi connectivity index (χ1) is 8.16. The highest BCUT2D eigenvalue weighted by molar-refractivity contribution is 5.41. The Morgan fingerprint density at radius 2 is 2.29 bits per heavy atom. The number of hydrogen-bond acceptors (Lipinski definition) is 3. The van der Waals surface area contributed by atoms with Gasteiger partial charge in [-0.25, -0.2) is 0 Å². The van der Waals surface area contributed by atoms with E-state index >= 15 is 0 Å². The lowest BCUT2D eigenvalue weighted by Gasteiger charge is -2.29. The highest BCUT2D eigenvalue weighted by Crippen LogP contribution is 2.23.